The topological polar surface area (TPSA) is 33.2 Å². The van der Waals surface area contributed by atoms with E-state index in [1.165, 1.54) is 5.56 Å². The van der Waals surface area contributed by atoms with Gasteiger partial charge in [0.05, 0.1) is 0 Å². The molecule has 0 aliphatic carbocycles. The van der Waals surface area contributed by atoms with Gasteiger partial charge in [0.15, 0.2) is 0 Å². The molecule has 3 nitrogen and oxygen atoms in total. The number of hydrogen-bond donors (Lipinski definition) is 0. The number of pyridine rings is 1. The SMILES string of the molecule is CC(C)(C)C(=O)N1CCc2ncccc2C1. The van der Waals surface area contributed by atoms with E-state index in [9.17, 15) is 4.79 Å². The molecule has 1 amide bonds. The number of aromatic nitrogens is 1. The summed E-state index contributed by atoms with van der Waals surface area (Å²) < 4.78 is 0. The number of carbonyl (C=O) groups excluding carboxylic acids is 1. The van der Waals surface area contributed by atoms with Gasteiger partial charge in [0.2, 0.25) is 5.91 Å². The summed E-state index contributed by atoms with van der Waals surface area (Å²) in [5, 5.41) is 0. The Labute approximate surface area is 96.5 Å². The molecule has 0 atom stereocenters. The minimum atomic E-state index is -0.292. The summed E-state index contributed by atoms with van der Waals surface area (Å²) in [5.41, 5.74) is 2.03. The van der Waals surface area contributed by atoms with Gasteiger partial charge in [0, 0.05) is 36.8 Å². The molecule has 0 fully saturated rings. The van der Waals surface area contributed by atoms with Crippen LogP contribution in [-0.2, 0) is 17.8 Å². The van der Waals surface area contributed by atoms with Gasteiger partial charge < -0.3 is 4.90 Å². The first-order valence-electron chi connectivity index (χ1n) is 5.70. The molecule has 0 bridgehead atoms. The summed E-state index contributed by atoms with van der Waals surface area (Å²) in [6, 6.07) is 3.99. The van der Waals surface area contributed by atoms with Crippen LogP contribution in [0.2, 0.25) is 0 Å². The molecule has 0 spiro atoms. The molecule has 86 valence electrons. The van der Waals surface area contributed by atoms with Crippen LogP contribution in [0.15, 0.2) is 18.3 Å². The van der Waals surface area contributed by atoms with Crippen molar-refractivity contribution in [3.63, 3.8) is 0 Å². The van der Waals surface area contributed by atoms with Gasteiger partial charge in [-0.25, -0.2) is 0 Å². The van der Waals surface area contributed by atoms with Gasteiger partial charge in [-0.3, -0.25) is 9.78 Å². The van der Waals surface area contributed by atoms with E-state index in [1.54, 1.807) is 0 Å². The Bertz CT molecular complexity index is 407. The molecule has 0 aromatic carbocycles. The van der Waals surface area contributed by atoms with Gasteiger partial charge in [-0.2, -0.15) is 0 Å². The second-order valence-corrected chi connectivity index (χ2v) is 5.34. The molecule has 2 rings (SSSR count). The number of carbonyl (C=O) groups is 1. The van der Waals surface area contributed by atoms with E-state index in [-0.39, 0.29) is 11.3 Å². The number of fused-ring (bicyclic) bond motifs is 1. The molecule has 1 aliphatic rings. The van der Waals surface area contributed by atoms with E-state index < -0.39 is 0 Å². The predicted octanol–water partition coefficient (Wildman–Crippen LogP) is 2.01. The summed E-state index contributed by atoms with van der Waals surface area (Å²) in [6.07, 6.45) is 2.69. The van der Waals surface area contributed by atoms with Crippen LogP contribution in [0.3, 0.4) is 0 Å². The normalized spacial score (nSPS) is 15.8. The average molecular weight is 218 g/mol. The Morgan fingerprint density at radius 3 is 2.88 bits per heavy atom. The highest BCUT2D eigenvalue weighted by atomic mass is 16.2. The Morgan fingerprint density at radius 1 is 1.44 bits per heavy atom. The van der Waals surface area contributed by atoms with E-state index in [4.69, 9.17) is 0 Å². The van der Waals surface area contributed by atoms with E-state index in [2.05, 4.69) is 11.1 Å². The maximum atomic E-state index is 12.1. The zero-order chi connectivity index (χ0) is 11.8. The summed E-state index contributed by atoms with van der Waals surface area (Å²) in [6.45, 7) is 7.40. The molecule has 16 heavy (non-hydrogen) atoms. The maximum Gasteiger partial charge on any atom is 0.228 e. The Hall–Kier alpha value is -1.38. The fourth-order valence-corrected chi connectivity index (χ4v) is 2.01. The summed E-state index contributed by atoms with van der Waals surface area (Å²) in [5.74, 6) is 0.224. The molecule has 1 aromatic heterocycles. The number of nitrogens with zero attached hydrogens (tertiary/aromatic N) is 2. The second-order valence-electron chi connectivity index (χ2n) is 5.34. The smallest absolute Gasteiger partial charge is 0.228 e. The first-order valence-corrected chi connectivity index (χ1v) is 5.70. The molecule has 1 aromatic rings. The van der Waals surface area contributed by atoms with Gasteiger partial charge in [0.1, 0.15) is 0 Å². The van der Waals surface area contributed by atoms with E-state index in [0.717, 1.165) is 18.7 Å². The minimum Gasteiger partial charge on any atom is -0.337 e. The van der Waals surface area contributed by atoms with Crippen LogP contribution in [0.25, 0.3) is 0 Å². The van der Waals surface area contributed by atoms with Crippen LogP contribution < -0.4 is 0 Å². The van der Waals surface area contributed by atoms with Crippen molar-refractivity contribution < 1.29 is 4.79 Å². The van der Waals surface area contributed by atoms with Gasteiger partial charge in [0.25, 0.3) is 0 Å². The molecule has 0 unspecified atom stereocenters. The zero-order valence-electron chi connectivity index (χ0n) is 10.2. The summed E-state index contributed by atoms with van der Waals surface area (Å²) in [4.78, 5) is 18.4. The van der Waals surface area contributed by atoms with Gasteiger partial charge >= 0.3 is 0 Å². The highest BCUT2D eigenvalue weighted by Gasteiger charge is 2.29. The van der Waals surface area contributed by atoms with Gasteiger partial charge in [-0.1, -0.05) is 26.8 Å². The molecule has 2 heterocycles. The molecule has 0 saturated heterocycles. The van der Waals surface area contributed by atoms with Crippen molar-refractivity contribution in [2.45, 2.75) is 33.7 Å². The van der Waals surface area contributed by atoms with Crippen LogP contribution in [-0.4, -0.2) is 22.3 Å². The van der Waals surface area contributed by atoms with Crippen molar-refractivity contribution in [2.75, 3.05) is 6.54 Å². The first kappa shape index (κ1) is 11.1. The number of rotatable bonds is 0. The lowest BCUT2D eigenvalue weighted by Crippen LogP contribution is -2.42. The van der Waals surface area contributed by atoms with Crippen molar-refractivity contribution in [2.24, 2.45) is 5.41 Å². The first-order chi connectivity index (χ1) is 7.48. The van der Waals surface area contributed by atoms with Crippen molar-refractivity contribution in [1.82, 2.24) is 9.88 Å². The van der Waals surface area contributed by atoms with E-state index >= 15 is 0 Å². The van der Waals surface area contributed by atoms with E-state index in [0.29, 0.717) is 6.54 Å². The maximum absolute atomic E-state index is 12.1. The predicted molar refractivity (Wildman–Crippen MR) is 62.8 cm³/mol. The molecular weight excluding hydrogens is 200 g/mol. The van der Waals surface area contributed by atoms with Crippen LogP contribution >= 0.6 is 0 Å². The van der Waals surface area contributed by atoms with Crippen LogP contribution in [0.1, 0.15) is 32.0 Å². The molecule has 0 N–H and O–H groups in total. The fraction of sp³-hybridized carbons (Fsp3) is 0.538. The van der Waals surface area contributed by atoms with Crippen molar-refractivity contribution >= 4 is 5.91 Å². The Balaban J connectivity index is 2.17. The van der Waals surface area contributed by atoms with Gasteiger partial charge in [-0.15, -0.1) is 0 Å². The fourth-order valence-electron chi connectivity index (χ4n) is 2.01. The van der Waals surface area contributed by atoms with Gasteiger partial charge in [-0.05, 0) is 11.6 Å². The summed E-state index contributed by atoms with van der Waals surface area (Å²) in [7, 11) is 0. The molecule has 0 saturated carbocycles. The lowest BCUT2D eigenvalue weighted by atomic mass is 9.93. The zero-order valence-corrected chi connectivity index (χ0v) is 10.2. The molecule has 0 radical (unpaired) electrons. The molecular formula is C13H18N2O. The third-order valence-corrected chi connectivity index (χ3v) is 2.89. The van der Waals surface area contributed by atoms with Crippen molar-refractivity contribution in [3.8, 4) is 0 Å². The largest absolute Gasteiger partial charge is 0.337 e. The lowest BCUT2D eigenvalue weighted by molar-refractivity contribution is -0.140. The third-order valence-electron chi connectivity index (χ3n) is 2.89. The summed E-state index contributed by atoms with van der Waals surface area (Å²) >= 11 is 0. The quantitative estimate of drug-likeness (QED) is 0.667. The average Bonchev–Trinajstić information content (AvgIpc) is 2.26. The second kappa shape index (κ2) is 3.89. The highest BCUT2D eigenvalue weighted by Crippen LogP contribution is 2.23. The van der Waals surface area contributed by atoms with Crippen molar-refractivity contribution in [1.29, 1.82) is 0 Å². The Kier molecular flexibility index (Phi) is 2.70. The van der Waals surface area contributed by atoms with Crippen LogP contribution in [0.4, 0.5) is 0 Å². The third kappa shape index (κ3) is 2.08. The van der Waals surface area contributed by atoms with E-state index in [1.807, 2.05) is 37.9 Å². The van der Waals surface area contributed by atoms with Crippen LogP contribution in [0.5, 0.6) is 0 Å². The highest BCUT2D eigenvalue weighted by molar-refractivity contribution is 5.81. The van der Waals surface area contributed by atoms with Crippen molar-refractivity contribution in [3.05, 3.63) is 29.6 Å². The standard InChI is InChI=1S/C13H18N2O/c1-13(2,3)12(16)15-8-6-11-10(9-15)5-4-7-14-11/h4-5,7H,6,8-9H2,1-3H3. The molecule has 1 aliphatic heterocycles. The number of hydrogen-bond acceptors (Lipinski definition) is 2. The number of amides is 1. The minimum absolute atomic E-state index is 0.224. The van der Waals surface area contributed by atoms with Crippen LogP contribution in [0, 0.1) is 5.41 Å². The lowest BCUT2D eigenvalue weighted by Gasteiger charge is -2.33. The Morgan fingerprint density at radius 2 is 2.19 bits per heavy atom. The molecule has 3 heteroatoms. The monoisotopic (exact) mass is 218 g/mol.